The molecule has 1 aromatic carbocycles. The van der Waals surface area contributed by atoms with Crippen molar-refractivity contribution in [1.29, 1.82) is 0 Å². The normalized spacial score (nSPS) is 19.4. The summed E-state index contributed by atoms with van der Waals surface area (Å²) in [6, 6.07) is 4.78. The fraction of sp³-hybridized carbons (Fsp3) is 0.500. The minimum atomic E-state index is -0.587. The van der Waals surface area contributed by atoms with E-state index in [0.29, 0.717) is 43.6 Å². The maximum atomic E-state index is 13.8. The number of carbonyl (C=O) groups excluding carboxylic acids is 2. The number of hydrogen-bond acceptors (Lipinski definition) is 7. The molecule has 0 aliphatic carbocycles. The second kappa shape index (κ2) is 11.1. The lowest BCUT2D eigenvalue weighted by atomic mass is 9.97. The number of halogens is 3. The second-order valence-electron chi connectivity index (χ2n) is 9.05. The highest BCUT2D eigenvalue weighted by atomic mass is 35.5. The molecule has 3 heterocycles. The van der Waals surface area contributed by atoms with Crippen LogP contribution in [0.15, 0.2) is 18.2 Å². The largest absolute Gasteiger partial charge is 0.382 e. The molecule has 0 unspecified atom stereocenters. The lowest BCUT2D eigenvalue weighted by Gasteiger charge is -2.47. The number of nitrogens with zero attached hydrogens (tertiary/aromatic N) is 5. The van der Waals surface area contributed by atoms with Gasteiger partial charge in [-0.1, -0.05) is 30.1 Å². The SMILES string of the molecule is CC[C@H]1CN(c2nc(N)c(C(=O)NC)nc2Cl)CCN1C1CCN(C(=O)c2ccc(Cl)c(F)c2)CC1. The van der Waals surface area contributed by atoms with Crippen molar-refractivity contribution in [3.63, 3.8) is 0 Å². The van der Waals surface area contributed by atoms with Gasteiger partial charge in [0.2, 0.25) is 0 Å². The molecule has 2 saturated heterocycles. The number of likely N-dealkylation sites (tertiary alicyclic amines) is 1. The van der Waals surface area contributed by atoms with Crippen LogP contribution in [0.2, 0.25) is 10.2 Å². The molecule has 2 aliphatic heterocycles. The Morgan fingerprint density at radius 3 is 2.53 bits per heavy atom. The third-order valence-electron chi connectivity index (χ3n) is 6.99. The molecule has 2 aromatic rings. The van der Waals surface area contributed by atoms with Gasteiger partial charge in [-0.3, -0.25) is 14.5 Å². The molecule has 12 heteroatoms. The van der Waals surface area contributed by atoms with E-state index in [2.05, 4.69) is 32.0 Å². The van der Waals surface area contributed by atoms with Crippen LogP contribution in [0.4, 0.5) is 16.0 Å². The Labute approximate surface area is 219 Å². The summed E-state index contributed by atoms with van der Waals surface area (Å²) in [4.78, 5) is 39.7. The van der Waals surface area contributed by atoms with E-state index in [-0.39, 0.29) is 33.6 Å². The molecule has 3 N–H and O–H groups in total. The average Bonchev–Trinajstić information content (AvgIpc) is 2.90. The van der Waals surface area contributed by atoms with Gasteiger partial charge >= 0.3 is 0 Å². The fourth-order valence-electron chi connectivity index (χ4n) is 5.02. The van der Waals surface area contributed by atoms with Crippen LogP contribution in [0, 0.1) is 5.82 Å². The van der Waals surface area contributed by atoms with Crippen LogP contribution in [-0.2, 0) is 0 Å². The van der Waals surface area contributed by atoms with E-state index in [1.807, 2.05) is 0 Å². The summed E-state index contributed by atoms with van der Waals surface area (Å²) in [5, 5.41) is 2.64. The molecule has 0 bridgehead atoms. The molecule has 2 aliphatic rings. The van der Waals surface area contributed by atoms with Gasteiger partial charge in [-0.2, -0.15) is 0 Å². The Morgan fingerprint density at radius 1 is 1.17 bits per heavy atom. The number of nitrogen functional groups attached to an aromatic ring is 1. The van der Waals surface area contributed by atoms with Gasteiger partial charge in [-0.15, -0.1) is 0 Å². The number of rotatable bonds is 5. The van der Waals surface area contributed by atoms with Gasteiger partial charge in [-0.25, -0.2) is 14.4 Å². The van der Waals surface area contributed by atoms with Crippen LogP contribution in [0.1, 0.15) is 47.0 Å². The van der Waals surface area contributed by atoms with Crippen molar-refractivity contribution in [1.82, 2.24) is 25.1 Å². The summed E-state index contributed by atoms with van der Waals surface area (Å²) in [5.41, 5.74) is 6.32. The number of aromatic nitrogens is 2. The Kier molecular flexibility index (Phi) is 8.17. The van der Waals surface area contributed by atoms with Gasteiger partial charge in [-0.05, 0) is 37.5 Å². The molecule has 0 radical (unpaired) electrons. The van der Waals surface area contributed by atoms with Crippen molar-refractivity contribution in [2.75, 3.05) is 50.4 Å². The number of hydrogen-bond donors (Lipinski definition) is 2. The molecule has 0 spiro atoms. The van der Waals surface area contributed by atoms with Gasteiger partial charge in [0.15, 0.2) is 22.5 Å². The van der Waals surface area contributed by atoms with Gasteiger partial charge in [0.05, 0.1) is 5.02 Å². The quantitative estimate of drug-likeness (QED) is 0.603. The molecule has 2 amide bonds. The van der Waals surface area contributed by atoms with Gasteiger partial charge in [0.1, 0.15) is 5.82 Å². The van der Waals surface area contributed by atoms with Gasteiger partial charge in [0.25, 0.3) is 11.8 Å². The highest BCUT2D eigenvalue weighted by molar-refractivity contribution is 6.32. The lowest BCUT2D eigenvalue weighted by molar-refractivity contribution is 0.0490. The third-order valence-corrected chi connectivity index (χ3v) is 7.55. The highest BCUT2D eigenvalue weighted by Gasteiger charge is 2.35. The molecule has 1 aromatic heterocycles. The summed E-state index contributed by atoms with van der Waals surface area (Å²) < 4.78 is 13.8. The molecular formula is C24H30Cl2FN7O2. The monoisotopic (exact) mass is 537 g/mol. The third kappa shape index (κ3) is 5.35. The van der Waals surface area contributed by atoms with Crippen molar-refractivity contribution >= 4 is 46.7 Å². The molecule has 36 heavy (non-hydrogen) atoms. The molecule has 1 atom stereocenters. The molecule has 4 rings (SSSR count). The Morgan fingerprint density at radius 2 is 1.89 bits per heavy atom. The molecule has 2 fully saturated rings. The second-order valence-corrected chi connectivity index (χ2v) is 9.81. The number of benzene rings is 1. The number of nitrogens with one attached hydrogen (secondary N) is 1. The van der Waals surface area contributed by atoms with Crippen LogP contribution >= 0.6 is 23.2 Å². The van der Waals surface area contributed by atoms with E-state index in [1.54, 1.807) is 11.0 Å². The van der Waals surface area contributed by atoms with Crippen molar-refractivity contribution in [2.45, 2.75) is 38.3 Å². The van der Waals surface area contributed by atoms with Crippen molar-refractivity contribution in [3.05, 3.63) is 45.4 Å². The predicted molar refractivity (Wildman–Crippen MR) is 138 cm³/mol. The molecule has 194 valence electrons. The van der Waals surface area contributed by atoms with Crippen LogP contribution in [0.3, 0.4) is 0 Å². The standard InChI is InChI=1S/C24H30Cl2FN7O2/c1-3-15-13-33(22-20(26)30-19(21(28)31-22)23(35)29-2)10-11-34(15)16-6-8-32(9-7-16)24(36)14-4-5-17(25)18(27)12-14/h4-5,12,15-16H,3,6-11,13H2,1-2H3,(H2,28,31)(H,29,35)/t15-/m0/s1. The summed E-state index contributed by atoms with van der Waals surface area (Å²) >= 11 is 12.1. The molecular weight excluding hydrogens is 508 g/mol. The Hall–Kier alpha value is -2.69. The van der Waals surface area contributed by atoms with Gasteiger partial charge < -0.3 is 20.9 Å². The zero-order chi connectivity index (χ0) is 26.0. The first kappa shape index (κ1) is 26.4. The zero-order valence-corrected chi connectivity index (χ0v) is 21.8. The van der Waals surface area contributed by atoms with Crippen molar-refractivity contribution in [3.8, 4) is 0 Å². The lowest BCUT2D eigenvalue weighted by Crippen LogP contribution is -2.58. The van der Waals surface area contributed by atoms with Crippen LogP contribution < -0.4 is 16.0 Å². The van der Waals surface area contributed by atoms with Crippen LogP contribution in [-0.4, -0.2) is 83.4 Å². The summed E-state index contributed by atoms with van der Waals surface area (Å²) in [7, 11) is 1.49. The van der Waals surface area contributed by atoms with Gasteiger partial charge in [0, 0.05) is 57.4 Å². The fourth-order valence-corrected chi connectivity index (χ4v) is 5.39. The highest BCUT2D eigenvalue weighted by Crippen LogP contribution is 2.30. The van der Waals surface area contributed by atoms with E-state index >= 15 is 0 Å². The number of piperidine rings is 1. The smallest absolute Gasteiger partial charge is 0.273 e. The first-order valence-electron chi connectivity index (χ1n) is 12.0. The van der Waals surface area contributed by atoms with E-state index in [9.17, 15) is 14.0 Å². The van der Waals surface area contributed by atoms with E-state index in [4.69, 9.17) is 28.9 Å². The van der Waals surface area contributed by atoms with E-state index in [1.165, 1.54) is 19.2 Å². The minimum absolute atomic E-state index is 0.00682. The van der Waals surface area contributed by atoms with E-state index in [0.717, 1.165) is 25.8 Å². The Balaban J connectivity index is 1.39. The maximum Gasteiger partial charge on any atom is 0.273 e. The molecule has 9 nitrogen and oxygen atoms in total. The van der Waals surface area contributed by atoms with Crippen LogP contribution in [0.25, 0.3) is 0 Å². The van der Waals surface area contributed by atoms with Crippen molar-refractivity contribution < 1.29 is 14.0 Å². The zero-order valence-electron chi connectivity index (χ0n) is 20.3. The number of nitrogens with two attached hydrogens (primary N) is 1. The Bertz CT molecular complexity index is 1140. The number of carbonyl (C=O) groups is 2. The number of anilines is 2. The summed E-state index contributed by atoms with van der Waals surface area (Å²) in [6.45, 7) is 5.55. The van der Waals surface area contributed by atoms with Crippen LogP contribution in [0.5, 0.6) is 0 Å². The predicted octanol–water partition coefficient (Wildman–Crippen LogP) is 3.07. The number of piperazine rings is 1. The molecule has 0 saturated carbocycles. The first-order valence-corrected chi connectivity index (χ1v) is 12.8. The maximum absolute atomic E-state index is 13.8. The van der Waals surface area contributed by atoms with Crippen molar-refractivity contribution in [2.24, 2.45) is 0 Å². The summed E-state index contributed by atoms with van der Waals surface area (Å²) in [5.74, 6) is -0.671. The average molecular weight is 538 g/mol. The first-order chi connectivity index (χ1) is 17.2. The number of amides is 2. The topological polar surface area (TPSA) is 108 Å². The minimum Gasteiger partial charge on any atom is -0.382 e. The summed E-state index contributed by atoms with van der Waals surface area (Å²) in [6.07, 6.45) is 2.61. The van der Waals surface area contributed by atoms with E-state index < -0.39 is 11.7 Å².